The first-order valence-electron chi connectivity index (χ1n) is 9.30. The van der Waals surface area contributed by atoms with Crippen LogP contribution in [-0.2, 0) is 6.42 Å². The molecule has 1 amide bonds. The van der Waals surface area contributed by atoms with Crippen molar-refractivity contribution in [2.45, 2.75) is 51.0 Å². The number of nitrogens with zero attached hydrogens (tertiary/aromatic N) is 3. The molecular formula is C20H24N4O. The van der Waals surface area contributed by atoms with Gasteiger partial charge in [-0.25, -0.2) is 9.97 Å². The lowest BCUT2D eigenvalue weighted by Crippen LogP contribution is -2.30. The third-order valence-electron chi connectivity index (χ3n) is 5.20. The van der Waals surface area contributed by atoms with Crippen LogP contribution in [0.25, 0.3) is 0 Å². The van der Waals surface area contributed by atoms with Crippen LogP contribution in [0.5, 0.6) is 0 Å². The molecule has 5 nitrogen and oxygen atoms in total. The summed E-state index contributed by atoms with van der Waals surface area (Å²) >= 11 is 0. The number of hydrogen-bond acceptors (Lipinski definition) is 4. The number of anilines is 2. The van der Waals surface area contributed by atoms with E-state index in [4.69, 9.17) is 0 Å². The van der Waals surface area contributed by atoms with Crippen LogP contribution in [0.4, 0.5) is 11.6 Å². The van der Waals surface area contributed by atoms with E-state index < -0.39 is 0 Å². The molecule has 0 spiro atoms. The first kappa shape index (κ1) is 16.1. The van der Waals surface area contributed by atoms with Gasteiger partial charge in [0.25, 0.3) is 5.91 Å². The van der Waals surface area contributed by atoms with Gasteiger partial charge in [0.1, 0.15) is 5.69 Å². The van der Waals surface area contributed by atoms with Gasteiger partial charge in [0.2, 0.25) is 5.95 Å². The first-order valence-corrected chi connectivity index (χ1v) is 9.30. The summed E-state index contributed by atoms with van der Waals surface area (Å²) in [7, 11) is 0. The van der Waals surface area contributed by atoms with Gasteiger partial charge in [0.15, 0.2) is 0 Å². The molecule has 1 aliphatic heterocycles. The van der Waals surface area contributed by atoms with E-state index in [0.29, 0.717) is 24.2 Å². The van der Waals surface area contributed by atoms with Crippen molar-refractivity contribution in [2.24, 2.45) is 0 Å². The van der Waals surface area contributed by atoms with Gasteiger partial charge in [-0.1, -0.05) is 43.9 Å². The Bertz CT molecular complexity index is 753. The fourth-order valence-electron chi connectivity index (χ4n) is 3.84. The lowest BCUT2D eigenvalue weighted by Gasteiger charge is -2.18. The third-order valence-corrected chi connectivity index (χ3v) is 5.20. The minimum Gasteiger partial charge on any atom is -0.351 e. The van der Waals surface area contributed by atoms with Gasteiger partial charge in [-0.3, -0.25) is 4.79 Å². The minimum absolute atomic E-state index is 0.0451. The zero-order chi connectivity index (χ0) is 17.1. The molecule has 2 aliphatic rings. The molecule has 1 saturated carbocycles. The Balaban J connectivity index is 1.50. The van der Waals surface area contributed by atoms with Gasteiger partial charge < -0.3 is 10.2 Å². The highest BCUT2D eigenvalue weighted by molar-refractivity contribution is 6.06. The number of carbonyl (C=O) groups is 1. The van der Waals surface area contributed by atoms with E-state index in [2.05, 4.69) is 21.4 Å². The van der Waals surface area contributed by atoms with Gasteiger partial charge in [-0.15, -0.1) is 0 Å². The normalized spacial score (nSPS) is 17.8. The number of carbonyl (C=O) groups excluding carboxylic acids is 1. The van der Waals surface area contributed by atoms with Crippen LogP contribution in [-0.4, -0.2) is 28.5 Å². The largest absolute Gasteiger partial charge is 0.351 e. The second-order valence-corrected chi connectivity index (χ2v) is 6.93. The number of fused-ring (bicyclic) bond motifs is 1. The van der Waals surface area contributed by atoms with Crippen LogP contribution in [0.1, 0.15) is 54.6 Å². The molecule has 1 aromatic carbocycles. The fraction of sp³-hybridized carbons (Fsp3) is 0.450. The Morgan fingerprint density at radius 1 is 1.08 bits per heavy atom. The fourth-order valence-corrected chi connectivity index (χ4v) is 3.84. The summed E-state index contributed by atoms with van der Waals surface area (Å²) in [6.07, 6.45) is 10.0. The molecule has 4 rings (SSSR count). The number of hydrogen-bond donors (Lipinski definition) is 1. The van der Waals surface area contributed by atoms with Crippen LogP contribution < -0.4 is 10.2 Å². The van der Waals surface area contributed by atoms with Gasteiger partial charge in [0.05, 0.1) is 0 Å². The lowest BCUT2D eigenvalue weighted by atomic mass is 10.1. The van der Waals surface area contributed by atoms with Gasteiger partial charge in [0, 0.05) is 24.5 Å². The van der Waals surface area contributed by atoms with E-state index in [1.54, 1.807) is 12.3 Å². The number of nitrogens with one attached hydrogen (secondary N) is 1. The van der Waals surface area contributed by atoms with Crippen molar-refractivity contribution in [1.29, 1.82) is 0 Å². The second kappa shape index (κ2) is 7.21. The quantitative estimate of drug-likeness (QED) is 0.866. The molecule has 25 heavy (non-hydrogen) atoms. The van der Waals surface area contributed by atoms with E-state index in [1.807, 2.05) is 23.1 Å². The molecule has 0 saturated heterocycles. The topological polar surface area (TPSA) is 58.1 Å². The zero-order valence-corrected chi connectivity index (χ0v) is 14.4. The highest BCUT2D eigenvalue weighted by Crippen LogP contribution is 2.28. The van der Waals surface area contributed by atoms with Crippen molar-refractivity contribution in [3.05, 3.63) is 47.8 Å². The van der Waals surface area contributed by atoms with Crippen molar-refractivity contribution in [3.63, 3.8) is 0 Å². The van der Waals surface area contributed by atoms with E-state index in [9.17, 15) is 4.79 Å². The molecule has 2 aromatic rings. The van der Waals surface area contributed by atoms with E-state index in [-0.39, 0.29) is 5.91 Å². The Hall–Kier alpha value is -2.43. The summed E-state index contributed by atoms with van der Waals surface area (Å²) < 4.78 is 0. The van der Waals surface area contributed by atoms with Gasteiger partial charge >= 0.3 is 0 Å². The number of aromatic nitrogens is 2. The van der Waals surface area contributed by atoms with E-state index >= 15 is 0 Å². The minimum atomic E-state index is -0.0451. The Morgan fingerprint density at radius 2 is 1.88 bits per heavy atom. The first-order chi connectivity index (χ1) is 12.3. The molecule has 2 heterocycles. The van der Waals surface area contributed by atoms with Crippen molar-refractivity contribution >= 4 is 17.5 Å². The van der Waals surface area contributed by atoms with Gasteiger partial charge in [-0.05, 0) is 37.0 Å². The highest BCUT2D eigenvalue weighted by atomic mass is 16.2. The summed E-state index contributed by atoms with van der Waals surface area (Å²) in [4.78, 5) is 23.6. The van der Waals surface area contributed by atoms with Crippen molar-refractivity contribution in [2.75, 3.05) is 16.8 Å². The maximum Gasteiger partial charge on any atom is 0.277 e. The molecule has 0 unspecified atom stereocenters. The summed E-state index contributed by atoms with van der Waals surface area (Å²) in [6, 6.07) is 10.2. The van der Waals surface area contributed by atoms with E-state index in [0.717, 1.165) is 24.9 Å². The molecule has 0 atom stereocenters. The maximum atomic E-state index is 12.9. The highest BCUT2D eigenvalue weighted by Gasteiger charge is 2.26. The second-order valence-electron chi connectivity index (χ2n) is 6.93. The summed E-state index contributed by atoms with van der Waals surface area (Å²) in [5, 5.41) is 3.43. The van der Waals surface area contributed by atoms with Crippen molar-refractivity contribution in [3.8, 4) is 0 Å². The Labute approximate surface area is 148 Å². The Morgan fingerprint density at radius 3 is 2.72 bits per heavy atom. The molecular weight excluding hydrogens is 312 g/mol. The molecule has 130 valence electrons. The Kier molecular flexibility index (Phi) is 4.63. The number of rotatable bonds is 3. The average molecular weight is 336 g/mol. The summed E-state index contributed by atoms with van der Waals surface area (Å²) in [5.74, 6) is 0.529. The average Bonchev–Trinajstić information content (AvgIpc) is 2.91. The van der Waals surface area contributed by atoms with Crippen molar-refractivity contribution < 1.29 is 4.79 Å². The van der Waals surface area contributed by atoms with Crippen LogP contribution >= 0.6 is 0 Å². The molecule has 1 aliphatic carbocycles. The molecule has 1 N–H and O–H groups in total. The smallest absolute Gasteiger partial charge is 0.277 e. The molecule has 1 fully saturated rings. The number of para-hydroxylation sites is 1. The summed E-state index contributed by atoms with van der Waals surface area (Å²) in [6.45, 7) is 0.716. The van der Waals surface area contributed by atoms with Gasteiger partial charge in [-0.2, -0.15) is 0 Å². The van der Waals surface area contributed by atoms with Crippen LogP contribution in [0.3, 0.4) is 0 Å². The summed E-state index contributed by atoms with van der Waals surface area (Å²) in [5.41, 5.74) is 2.69. The standard InChI is InChI=1S/C20H24N4O/c25-19(24-14-12-15-7-5-6-10-18(15)24)17-11-13-21-20(23-17)22-16-8-3-1-2-4-9-16/h5-7,10-11,13,16H,1-4,8-9,12,14H2,(H,21,22,23). The SMILES string of the molecule is O=C(c1ccnc(NC2CCCCCC2)n1)N1CCc2ccccc21. The molecule has 5 heteroatoms. The van der Waals surface area contributed by atoms with Crippen LogP contribution in [0.2, 0.25) is 0 Å². The number of benzene rings is 1. The molecule has 0 bridgehead atoms. The predicted molar refractivity (Wildman–Crippen MR) is 99.0 cm³/mol. The molecule has 1 aromatic heterocycles. The van der Waals surface area contributed by atoms with Crippen molar-refractivity contribution in [1.82, 2.24) is 9.97 Å². The third kappa shape index (κ3) is 3.50. The predicted octanol–water partition coefficient (Wildman–Crippen LogP) is 3.81. The lowest BCUT2D eigenvalue weighted by molar-refractivity contribution is 0.0984. The van der Waals surface area contributed by atoms with E-state index in [1.165, 1.54) is 31.2 Å². The van der Waals surface area contributed by atoms with Crippen LogP contribution in [0, 0.1) is 0 Å². The molecule has 0 radical (unpaired) electrons. The van der Waals surface area contributed by atoms with Crippen LogP contribution in [0.15, 0.2) is 36.5 Å². The number of amides is 1. The maximum absolute atomic E-state index is 12.9. The monoisotopic (exact) mass is 336 g/mol. The zero-order valence-electron chi connectivity index (χ0n) is 14.4.